The minimum atomic E-state index is -0.0699. The predicted molar refractivity (Wildman–Crippen MR) is 88.0 cm³/mol. The van der Waals surface area contributed by atoms with Crippen molar-refractivity contribution in [2.45, 2.75) is 6.42 Å². The molecule has 0 saturated heterocycles. The van der Waals surface area contributed by atoms with Crippen molar-refractivity contribution in [2.24, 2.45) is 0 Å². The number of rotatable bonds is 2. The van der Waals surface area contributed by atoms with Crippen LogP contribution in [0.25, 0.3) is 10.9 Å². The van der Waals surface area contributed by atoms with Crippen molar-refractivity contribution in [3.63, 3.8) is 0 Å². The van der Waals surface area contributed by atoms with E-state index in [0.717, 1.165) is 27.7 Å². The van der Waals surface area contributed by atoms with Gasteiger partial charge in [0.05, 0.1) is 23.9 Å². The number of pyridine rings is 1. The lowest BCUT2D eigenvalue weighted by atomic mass is 10.0. The third-order valence-corrected chi connectivity index (χ3v) is 4.11. The van der Waals surface area contributed by atoms with Gasteiger partial charge in [0.2, 0.25) is 0 Å². The summed E-state index contributed by atoms with van der Waals surface area (Å²) in [5.74, 6) is 0. The molecule has 5 nitrogen and oxygen atoms in total. The van der Waals surface area contributed by atoms with Crippen LogP contribution in [-0.4, -0.2) is 16.5 Å². The molecule has 2 N–H and O–H groups in total. The molecule has 0 fully saturated rings. The van der Waals surface area contributed by atoms with Gasteiger partial charge in [0.25, 0.3) is 5.56 Å². The molecule has 2 aromatic rings. The summed E-state index contributed by atoms with van der Waals surface area (Å²) in [5.41, 5.74) is 7.19. The molecule has 2 aliphatic rings. The largest absolute Gasteiger partial charge is 0.322 e. The van der Waals surface area contributed by atoms with Crippen LogP contribution < -0.4 is 11.0 Å². The third kappa shape index (κ3) is 2.35. The zero-order valence-corrected chi connectivity index (χ0v) is 12.3. The summed E-state index contributed by atoms with van der Waals surface area (Å²) in [7, 11) is 0. The SMILES string of the molecule is N#CC1=C2C=C(Cc3cc4ccccc4[nH]c3=O)C=CN2NC1. The Morgan fingerprint density at radius 3 is 3.04 bits per heavy atom. The van der Waals surface area contributed by atoms with Gasteiger partial charge in [-0.3, -0.25) is 9.80 Å². The summed E-state index contributed by atoms with van der Waals surface area (Å²) in [5, 5.41) is 12.0. The molecule has 4 rings (SSSR count). The number of H-pyrrole nitrogens is 1. The number of allylic oxidation sites excluding steroid dienone is 3. The summed E-state index contributed by atoms with van der Waals surface area (Å²) >= 11 is 0. The maximum atomic E-state index is 12.3. The topological polar surface area (TPSA) is 71.9 Å². The molecule has 1 aromatic heterocycles. The number of hydrogen-bond donors (Lipinski definition) is 2. The van der Waals surface area contributed by atoms with Crippen LogP contribution in [0.1, 0.15) is 5.56 Å². The second-order valence-corrected chi connectivity index (χ2v) is 5.60. The van der Waals surface area contributed by atoms with Gasteiger partial charge in [0.1, 0.15) is 0 Å². The Kier molecular flexibility index (Phi) is 3.11. The van der Waals surface area contributed by atoms with Crippen LogP contribution >= 0.6 is 0 Å². The van der Waals surface area contributed by atoms with Gasteiger partial charge in [-0.2, -0.15) is 5.26 Å². The van der Waals surface area contributed by atoms with Crippen molar-refractivity contribution in [3.8, 4) is 6.07 Å². The van der Waals surface area contributed by atoms with Gasteiger partial charge in [-0.15, -0.1) is 0 Å². The molecule has 0 amide bonds. The number of para-hydroxylation sites is 1. The molecule has 2 aliphatic heterocycles. The molecular formula is C18H14N4O. The summed E-state index contributed by atoms with van der Waals surface area (Å²) in [6, 6.07) is 11.9. The number of nitriles is 1. The normalized spacial score (nSPS) is 16.5. The Hall–Kier alpha value is -3.10. The minimum absolute atomic E-state index is 0.0699. The molecular weight excluding hydrogens is 288 g/mol. The van der Waals surface area contributed by atoms with E-state index >= 15 is 0 Å². The number of nitrogens with one attached hydrogen (secondary N) is 2. The third-order valence-electron chi connectivity index (χ3n) is 4.11. The van der Waals surface area contributed by atoms with Crippen LogP contribution in [-0.2, 0) is 6.42 Å². The van der Waals surface area contributed by atoms with E-state index in [1.807, 2.05) is 53.7 Å². The molecule has 112 valence electrons. The first-order chi connectivity index (χ1) is 11.2. The highest BCUT2D eigenvalue weighted by molar-refractivity contribution is 5.78. The molecule has 0 saturated carbocycles. The average Bonchev–Trinajstić information content (AvgIpc) is 2.98. The molecule has 0 unspecified atom stereocenters. The van der Waals surface area contributed by atoms with E-state index in [-0.39, 0.29) is 5.56 Å². The minimum Gasteiger partial charge on any atom is -0.322 e. The van der Waals surface area contributed by atoms with Crippen LogP contribution in [0.3, 0.4) is 0 Å². The predicted octanol–water partition coefficient (Wildman–Crippen LogP) is 2.12. The lowest BCUT2D eigenvalue weighted by molar-refractivity contribution is 0.394. The van der Waals surface area contributed by atoms with Crippen LogP contribution in [0.2, 0.25) is 0 Å². The fourth-order valence-corrected chi connectivity index (χ4v) is 2.92. The van der Waals surface area contributed by atoms with Gasteiger partial charge in [-0.05, 0) is 35.2 Å². The number of benzene rings is 1. The number of aromatic nitrogens is 1. The zero-order valence-electron chi connectivity index (χ0n) is 12.3. The standard InChI is InChI=1S/C18H14N4O/c19-10-15-11-20-22-6-5-12(8-17(15)22)7-14-9-13-3-1-2-4-16(13)21-18(14)23/h1-6,8-9,20H,7,11H2,(H,21,23). The maximum absolute atomic E-state index is 12.3. The summed E-state index contributed by atoms with van der Waals surface area (Å²) in [6.07, 6.45) is 6.36. The molecule has 5 heteroatoms. The van der Waals surface area contributed by atoms with E-state index in [9.17, 15) is 4.79 Å². The summed E-state index contributed by atoms with van der Waals surface area (Å²) in [6.45, 7) is 0.538. The van der Waals surface area contributed by atoms with Crippen molar-refractivity contribution in [1.82, 2.24) is 15.4 Å². The zero-order chi connectivity index (χ0) is 15.8. The fourth-order valence-electron chi connectivity index (χ4n) is 2.92. The average molecular weight is 302 g/mol. The maximum Gasteiger partial charge on any atom is 0.251 e. The van der Waals surface area contributed by atoms with Gasteiger partial charge in [0, 0.05) is 23.7 Å². The smallest absolute Gasteiger partial charge is 0.251 e. The highest BCUT2D eigenvalue weighted by Gasteiger charge is 2.21. The number of fused-ring (bicyclic) bond motifs is 2. The van der Waals surface area contributed by atoms with Gasteiger partial charge >= 0.3 is 0 Å². The molecule has 0 radical (unpaired) electrons. The van der Waals surface area contributed by atoms with Crippen LogP contribution in [0.4, 0.5) is 0 Å². The second kappa shape index (κ2) is 5.27. The molecule has 23 heavy (non-hydrogen) atoms. The molecule has 0 aliphatic carbocycles. The van der Waals surface area contributed by atoms with Gasteiger partial charge < -0.3 is 4.98 Å². The molecule has 1 aromatic carbocycles. The molecule has 3 heterocycles. The van der Waals surface area contributed by atoms with E-state index in [1.54, 1.807) is 0 Å². The first-order valence-corrected chi connectivity index (χ1v) is 7.40. The van der Waals surface area contributed by atoms with Crippen molar-refractivity contribution in [1.29, 1.82) is 5.26 Å². The molecule has 0 atom stereocenters. The van der Waals surface area contributed by atoms with E-state index in [2.05, 4.69) is 16.5 Å². The highest BCUT2D eigenvalue weighted by atomic mass is 16.1. The number of hydrogen-bond acceptors (Lipinski definition) is 4. The van der Waals surface area contributed by atoms with Crippen molar-refractivity contribution in [2.75, 3.05) is 6.54 Å². The van der Waals surface area contributed by atoms with Gasteiger partial charge in [-0.25, -0.2) is 5.43 Å². The Balaban J connectivity index is 1.71. The highest BCUT2D eigenvalue weighted by Crippen LogP contribution is 2.24. The van der Waals surface area contributed by atoms with Crippen molar-refractivity contribution in [3.05, 3.63) is 81.4 Å². The van der Waals surface area contributed by atoms with Gasteiger partial charge in [-0.1, -0.05) is 18.2 Å². The van der Waals surface area contributed by atoms with E-state index in [4.69, 9.17) is 5.26 Å². The molecule has 0 spiro atoms. The lowest BCUT2D eigenvalue weighted by Gasteiger charge is -2.20. The lowest BCUT2D eigenvalue weighted by Crippen LogP contribution is -2.27. The van der Waals surface area contributed by atoms with Crippen LogP contribution in [0, 0.1) is 11.3 Å². The van der Waals surface area contributed by atoms with Crippen LogP contribution in [0.5, 0.6) is 0 Å². The summed E-state index contributed by atoms with van der Waals surface area (Å²) in [4.78, 5) is 15.2. The monoisotopic (exact) mass is 302 g/mol. The number of hydrazine groups is 1. The van der Waals surface area contributed by atoms with E-state index < -0.39 is 0 Å². The Bertz CT molecular complexity index is 988. The fraction of sp³-hybridized carbons (Fsp3) is 0.111. The first kappa shape index (κ1) is 13.6. The Labute approximate surface area is 132 Å². The number of nitrogens with zero attached hydrogens (tertiary/aromatic N) is 2. The van der Waals surface area contributed by atoms with E-state index in [1.165, 1.54) is 0 Å². The first-order valence-electron chi connectivity index (χ1n) is 7.40. The van der Waals surface area contributed by atoms with Crippen LogP contribution in [0.15, 0.2) is 70.3 Å². The van der Waals surface area contributed by atoms with Crippen molar-refractivity contribution < 1.29 is 0 Å². The number of aromatic amines is 1. The quantitative estimate of drug-likeness (QED) is 0.891. The Morgan fingerprint density at radius 2 is 2.17 bits per heavy atom. The van der Waals surface area contributed by atoms with Gasteiger partial charge in [0.15, 0.2) is 0 Å². The Morgan fingerprint density at radius 1 is 1.30 bits per heavy atom. The second-order valence-electron chi connectivity index (χ2n) is 5.60. The van der Waals surface area contributed by atoms with Crippen molar-refractivity contribution >= 4 is 10.9 Å². The summed E-state index contributed by atoms with van der Waals surface area (Å²) < 4.78 is 0. The molecule has 0 bridgehead atoms. The van der Waals surface area contributed by atoms with E-state index in [0.29, 0.717) is 18.5 Å².